The maximum absolute atomic E-state index is 3.68. The Morgan fingerprint density at radius 2 is 1.29 bits per heavy atom. The molecule has 0 N–H and O–H groups in total. The summed E-state index contributed by atoms with van der Waals surface area (Å²) < 4.78 is 7.42. The Bertz CT molecular complexity index is 4550. The summed E-state index contributed by atoms with van der Waals surface area (Å²) in [4.78, 5) is 0. The molecule has 10 aromatic rings. The molecule has 0 atom stereocenters. The van der Waals surface area contributed by atoms with E-state index in [9.17, 15) is 0 Å². The van der Waals surface area contributed by atoms with Crippen LogP contribution in [0.4, 0.5) is 0 Å². The molecule has 7 aromatic carbocycles. The summed E-state index contributed by atoms with van der Waals surface area (Å²) >= 11 is 0. The van der Waals surface area contributed by atoms with Gasteiger partial charge in [-0.3, -0.25) is 0 Å². The standard InChI is InChI=1S/C73H57N3/c1-47-27-37-63-72(43-47)76(57-21-10-6-11-22-57)71-42-39-61(50(4)73(63)71)55-18-16-26-68-66(46-55)65-45-54(53-33-40-69-64(44-53)62-24-12-7-13-25-67(62)74(69)56-19-8-5-9-20-56)34-41-70(65)75(68)58-35-30-52(31-36-58)51-29-28-49(3)60(38-32-51)59-23-15-14-17-48(59)2/h5-8,10-12,14-17,19,21-31,33-46H,9,13,18,20H2,1-4H3. The summed E-state index contributed by atoms with van der Waals surface area (Å²) in [6.07, 6.45) is 33.7. The first-order valence-electron chi connectivity index (χ1n) is 26.9. The number of aromatic nitrogens is 3. The molecule has 0 saturated heterocycles. The van der Waals surface area contributed by atoms with E-state index in [4.69, 9.17) is 0 Å². The number of nitrogens with zero attached hydrogens (tertiary/aromatic N) is 3. The zero-order valence-electron chi connectivity index (χ0n) is 43.5. The van der Waals surface area contributed by atoms with Gasteiger partial charge >= 0.3 is 0 Å². The number of hydrogen-bond acceptors (Lipinski definition) is 0. The molecule has 0 bridgehead atoms. The molecular weight excluding hydrogens is 919 g/mol. The molecule has 4 aliphatic carbocycles. The van der Waals surface area contributed by atoms with Gasteiger partial charge in [0.2, 0.25) is 0 Å². The van der Waals surface area contributed by atoms with Crippen LogP contribution >= 0.6 is 0 Å². The second kappa shape index (κ2) is 18.4. The molecule has 0 aliphatic heterocycles. The number of fused-ring (bicyclic) bond motifs is 9. The third-order valence-electron chi connectivity index (χ3n) is 16.4. The maximum Gasteiger partial charge on any atom is 0.0544 e. The second-order valence-corrected chi connectivity index (χ2v) is 21.0. The van der Waals surface area contributed by atoms with Crippen molar-refractivity contribution in [1.29, 1.82) is 0 Å². The highest BCUT2D eigenvalue weighted by atomic mass is 15.0. The van der Waals surface area contributed by atoms with Gasteiger partial charge in [0.05, 0.1) is 33.1 Å². The molecule has 364 valence electrons. The van der Waals surface area contributed by atoms with Crippen LogP contribution in [-0.2, 0) is 0 Å². The molecule has 3 aromatic heterocycles. The fraction of sp³-hybridized carbons (Fsp3) is 0.110. The molecule has 0 unspecified atom stereocenters. The van der Waals surface area contributed by atoms with E-state index in [1.807, 2.05) is 0 Å². The molecule has 3 heterocycles. The zero-order valence-corrected chi connectivity index (χ0v) is 43.5. The lowest BCUT2D eigenvalue weighted by atomic mass is 9.93. The summed E-state index contributed by atoms with van der Waals surface area (Å²) in [6.45, 7) is 8.90. The van der Waals surface area contributed by atoms with E-state index in [-0.39, 0.29) is 0 Å². The zero-order chi connectivity index (χ0) is 51.0. The quantitative estimate of drug-likeness (QED) is 0.141. The first-order chi connectivity index (χ1) is 37.4. The molecule has 3 heteroatoms. The Labute approximate surface area is 444 Å². The number of allylic oxidation sites excluding steroid dienone is 13. The predicted molar refractivity (Wildman–Crippen MR) is 325 cm³/mol. The van der Waals surface area contributed by atoms with Gasteiger partial charge in [0.25, 0.3) is 0 Å². The van der Waals surface area contributed by atoms with Gasteiger partial charge in [-0.1, -0.05) is 134 Å². The van der Waals surface area contributed by atoms with Gasteiger partial charge in [-0.05, 0) is 206 Å². The van der Waals surface area contributed by atoms with E-state index in [2.05, 4.69) is 272 Å². The van der Waals surface area contributed by atoms with Crippen LogP contribution in [0, 0.1) is 20.8 Å². The summed E-state index contributed by atoms with van der Waals surface area (Å²) in [7, 11) is 0. The number of rotatable bonds is 7. The summed E-state index contributed by atoms with van der Waals surface area (Å²) in [6, 6.07) is 54.4. The van der Waals surface area contributed by atoms with Crippen LogP contribution in [0.5, 0.6) is 0 Å². The first-order valence-corrected chi connectivity index (χ1v) is 26.9. The van der Waals surface area contributed by atoms with E-state index in [0.29, 0.717) is 0 Å². The molecule has 0 radical (unpaired) electrons. The molecule has 0 amide bonds. The molecule has 4 aliphatic rings. The van der Waals surface area contributed by atoms with Crippen molar-refractivity contribution in [2.45, 2.75) is 53.4 Å². The van der Waals surface area contributed by atoms with Crippen LogP contribution in [0.15, 0.2) is 212 Å². The van der Waals surface area contributed by atoms with Crippen molar-refractivity contribution in [3.8, 4) is 22.5 Å². The van der Waals surface area contributed by atoms with Crippen molar-refractivity contribution < 1.29 is 0 Å². The Balaban J connectivity index is 0.938. The van der Waals surface area contributed by atoms with Crippen molar-refractivity contribution in [2.75, 3.05) is 0 Å². The fourth-order valence-corrected chi connectivity index (χ4v) is 12.6. The minimum atomic E-state index is 0.815. The summed E-state index contributed by atoms with van der Waals surface area (Å²) in [5.74, 6) is 0. The van der Waals surface area contributed by atoms with Crippen molar-refractivity contribution in [1.82, 2.24) is 13.7 Å². The van der Waals surface area contributed by atoms with Crippen LogP contribution in [0.3, 0.4) is 0 Å². The van der Waals surface area contributed by atoms with Crippen LogP contribution in [-0.4, -0.2) is 13.7 Å². The Hall–Kier alpha value is -9.14. The Morgan fingerprint density at radius 3 is 2.11 bits per heavy atom. The normalized spacial score (nSPS) is 15.1. The highest BCUT2D eigenvalue weighted by Gasteiger charge is 2.23. The van der Waals surface area contributed by atoms with Crippen LogP contribution < -0.4 is 10.6 Å². The molecule has 3 nitrogen and oxygen atoms in total. The second-order valence-electron chi connectivity index (χ2n) is 21.0. The minimum absolute atomic E-state index is 0.815. The van der Waals surface area contributed by atoms with Crippen LogP contribution in [0.2, 0.25) is 0 Å². The van der Waals surface area contributed by atoms with E-state index in [1.165, 1.54) is 132 Å². The van der Waals surface area contributed by atoms with Crippen molar-refractivity contribution in [2.24, 2.45) is 0 Å². The molecule has 0 saturated carbocycles. The number of para-hydroxylation sites is 1. The Morgan fingerprint density at radius 1 is 0.539 bits per heavy atom. The van der Waals surface area contributed by atoms with Crippen molar-refractivity contribution in [3.05, 3.63) is 267 Å². The average molecular weight is 976 g/mol. The number of aryl methyl sites for hydroxylation is 3. The Kier molecular flexibility index (Phi) is 11.0. The monoisotopic (exact) mass is 975 g/mol. The number of hydrogen-bond donors (Lipinski definition) is 0. The molecule has 76 heavy (non-hydrogen) atoms. The average Bonchev–Trinajstić information content (AvgIpc) is 3.85. The van der Waals surface area contributed by atoms with Gasteiger partial charge in [-0.2, -0.15) is 0 Å². The third kappa shape index (κ3) is 7.49. The van der Waals surface area contributed by atoms with Gasteiger partial charge in [-0.15, -0.1) is 5.73 Å². The lowest BCUT2D eigenvalue weighted by molar-refractivity contribution is 0.943. The van der Waals surface area contributed by atoms with Crippen LogP contribution in [0.1, 0.15) is 77.2 Å². The molecule has 0 spiro atoms. The van der Waals surface area contributed by atoms with Gasteiger partial charge in [0.1, 0.15) is 0 Å². The van der Waals surface area contributed by atoms with E-state index in [0.717, 1.165) is 42.5 Å². The lowest BCUT2D eigenvalue weighted by Crippen LogP contribution is -2.28. The fourth-order valence-electron chi connectivity index (χ4n) is 12.6. The van der Waals surface area contributed by atoms with Crippen LogP contribution in [0.25, 0.3) is 113 Å². The lowest BCUT2D eigenvalue weighted by Gasteiger charge is -2.13. The smallest absolute Gasteiger partial charge is 0.0544 e. The highest BCUT2D eigenvalue weighted by molar-refractivity contribution is 6.13. The first kappa shape index (κ1) is 45.5. The molecule has 14 rings (SSSR count). The van der Waals surface area contributed by atoms with E-state index >= 15 is 0 Å². The predicted octanol–water partition coefficient (Wildman–Crippen LogP) is 17.5. The van der Waals surface area contributed by atoms with Gasteiger partial charge in [-0.25, -0.2) is 0 Å². The topological polar surface area (TPSA) is 14.8 Å². The van der Waals surface area contributed by atoms with Gasteiger partial charge in [0.15, 0.2) is 0 Å². The van der Waals surface area contributed by atoms with Crippen molar-refractivity contribution >= 4 is 90.3 Å². The van der Waals surface area contributed by atoms with Crippen molar-refractivity contribution in [3.63, 3.8) is 0 Å². The molecular formula is C73H57N3. The van der Waals surface area contributed by atoms with E-state index < -0.39 is 0 Å². The summed E-state index contributed by atoms with van der Waals surface area (Å²) in [5, 5.41) is 7.70. The SMILES string of the molecule is CC1=C(c2ccccc2C)C=C=C(c2ccc(-n3c4c(c5cc(-c6ccc7c(c6)c6c(n7C7=CC=CCC7)=CCC=CC=6)ccc53)C=C(c3ccc5c(c3C)c3ccc(C)cc3n5-c3ccccc3)CC=C4)cc2)C=C1. The molecule has 0 fully saturated rings. The third-order valence-corrected chi connectivity index (χ3v) is 16.4. The maximum atomic E-state index is 3.68. The van der Waals surface area contributed by atoms with Gasteiger partial charge < -0.3 is 13.7 Å². The largest absolute Gasteiger partial charge is 0.313 e. The minimum Gasteiger partial charge on any atom is -0.313 e. The highest BCUT2D eigenvalue weighted by Crippen LogP contribution is 2.43. The summed E-state index contributed by atoms with van der Waals surface area (Å²) in [5.41, 5.74) is 29.4. The van der Waals surface area contributed by atoms with Gasteiger partial charge in [0, 0.05) is 55.0 Å². The number of benzene rings is 7. The van der Waals surface area contributed by atoms with E-state index in [1.54, 1.807) is 0 Å².